The molecule has 0 atom stereocenters. The lowest BCUT2D eigenvalue weighted by atomic mass is 10.1. The van der Waals surface area contributed by atoms with Gasteiger partial charge in [-0.15, -0.1) is 0 Å². The highest BCUT2D eigenvalue weighted by Crippen LogP contribution is 2.24. The summed E-state index contributed by atoms with van der Waals surface area (Å²) >= 11 is 5.99. The molecule has 21 heavy (non-hydrogen) atoms. The maximum Gasteiger partial charge on any atom is 0.335 e. The Kier molecular flexibility index (Phi) is 5.03. The highest BCUT2D eigenvalue weighted by Gasteiger charge is 2.23. The lowest BCUT2D eigenvalue weighted by Gasteiger charge is -2.31. The number of nitrogens with zero attached hydrogens (tertiary/aromatic N) is 1. The Balaban J connectivity index is 1.98. The van der Waals surface area contributed by atoms with E-state index >= 15 is 0 Å². The van der Waals surface area contributed by atoms with Gasteiger partial charge in [0.2, 0.25) is 0 Å². The SMILES string of the molecule is COC1CCN(C(=O)Nc2ccc(C(=O)O)cc2Cl)CC1. The first-order valence-corrected chi connectivity index (χ1v) is 7.00. The van der Waals surface area contributed by atoms with Crippen LogP contribution in [0.25, 0.3) is 0 Å². The molecule has 7 heteroatoms. The van der Waals surface area contributed by atoms with Gasteiger partial charge in [0.25, 0.3) is 0 Å². The lowest BCUT2D eigenvalue weighted by Crippen LogP contribution is -2.42. The van der Waals surface area contributed by atoms with Gasteiger partial charge >= 0.3 is 12.0 Å². The Morgan fingerprint density at radius 1 is 1.38 bits per heavy atom. The minimum Gasteiger partial charge on any atom is -0.478 e. The molecule has 2 amide bonds. The topological polar surface area (TPSA) is 78.9 Å². The predicted molar refractivity (Wildman–Crippen MR) is 79.0 cm³/mol. The standard InChI is InChI=1S/C14H17ClN2O4/c1-21-10-4-6-17(7-5-10)14(20)16-12-3-2-9(13(18)19)8-11(12)15/h2-3,8,10H,4-7H2,1H3,(H,16,20)(H,18,19). The van der Waals surface area contributed by atoms with Crippen molar-refractivity contribution in [1.29, 1.82) is 0 Å². The van der Waals surface area contributed by atoms with E-state index in [1.54, 1.807) is 12.0 Å². The van der Waals surface area contributed by atoms with Crippen molar-refractivity contribution in [2.24, 2.45) is 0 Å². The molecule has 1 aromatic rings. The maximum atomic E-state index is 12.1. The van der Waals surface area contributed by atoms with Gasteiger partial charge in [0.1, 0.15) is 0 Å². The Labute approximate surface area is 127 Å². The largest absolute Gasteiger partial charge is 0.478 e. The van der Waals surface area contributed by atoms with Gasteiger partial charge in [0.15, 0.2) is 0 Å². The molecule has 0 spiro atoms. The summed E-state index contributed by atoms with van der Waals surface area (Å²) in [7, 11) is 1.67. The van der Waals surface area contributed by atoms with Crippen LogP contribution in [0.2, 0.25) is 5.02 Å². The minimum absolute atomic E-state index is 0.0823. The monoisotopic (exact) mass is 312 g/mol. The van der Waals surface area contributed by atoms with Crippen LogP contribution in [0.5, 0.6) is 0 Å². The maximum absolute atomic E-state index is 12.1. The van der Waals surface area contributed by atoms with E-state index in [1.165, 1.54) is 18.2 Å². The second-order valence-electron chi connectivity index (χ2n) is 4.85. The fourth-order valence-electron chi connectivity index (χ4n) is 2.24. The van der Waals surface area contributed by atoms with Crippen LogP contribution in [0.1, 0.15) is 23.2 Å². The van der Waals surface area contributed by atoms with E-state index in [9.17, 15) is 9.59 Å². The summed E-state index contributed by atoms with van der Waals surface area (Å²) in [6.07, 6.45) is 1.80. The number of amides is 2. The van der Waals surface area contributed by atoms with Crippen LogP contribution in [-0.2, 0) is 4.74 Å². The van der Waals surface area contributed by atoms with Gasteiger partial charge in [-0.2, -0.15) is 0 Å². The molecule has 1 aliphatic heterocycles. The third-order valence-electron chi connectivity index (χ3n) is 3.52. The number of urea groups is 1. The van der Waals surface area contributed by atoms with E-state index in [2.05, 4.69) is 5.32 Å². The van der Waals surface area contributed by atoms with Crippen LogP contribution in [0.15, 0.2) is 18.2 Å². The van der Waals surface area contributed by atoms with E-state index in [4.69, 9.17) is 21.4 Å². The summed E-state index contributed by atoms with van der Waals surface area (Å²) < 4.78 is 5.26. The van der Waals surface area contributed by atoms with Crippen molar-refractivity contribution in [3.8, 4) is 0 Å². The number of methoxy groups -OCH3 is 1. The molecule has 1 saturated heterocycles. The van der Waals surface area contributed by atoms with Gasteiger partial charge in [-0.25, -0.2) is 9.59 Å². The molecule has 2 N–H and O–H groups in total. The number of carboxylic acid groups (broad SMARTS) is 1. The number of aromatic carboxylic acids is 1. The average Bonchev–Trinajstić information content (AvgIpc) is 2.49. The molecule has 114 valence electrons. The number of piperidine rings is 1. The van der Waals surface area contributed by atoms with Crippen molar-refractivity contribution in [2.45, 2.75) is 18.9 Å². The van der Waals surface area contributed by atoms with Crippen LogP contribution < -0.4 is 5.32 Å². The zero-order valence-corrected chi connectivity index (χ0v) is 12.4. The molecule has 0 radical (unpaired) electrons. The van der Waals surface area contributed by atoms with Crippen molar-refractivity contribution in [3.05, 3.63) is 28.8 Å². The molecule has 2 rings (SSSR count). The smallest absolute Gasteiger partial charge is 0.335 e. The van der Waals surface area contributed by atoms with E-state index in [-0.39, 0.29) is 22.7 Å². The van der Waals surface area contributed by atoms with Crippen LogP contribution >= 0.6 is 11.6 Å². The summed E-state index contributed by atoms with van der Waals surface area (Å²) in [6.45, 7) is 1.24. The van der Waals surface area contributed by atoms with Gasteiger partial charge in [-0.1, -0.05) is 11.6 Å². The number of hydrogen-bond acceptors (Lipinski definition) is 3. The molecule has 0 saturated carbocycles. The summed E-state index contributed by atoms with van der Waals surface area (Å²) in [5.41, 5.74) is 0.486. The van der Waals surface area contributed by atoms with E-state index in [0.29, 0.717) is 18.8 Å². The number of carboxylic acids is 1. The third kappa shape index (κ3) is 3.86. The van der Waals surface area contributed by atoms with Crippen LogP contribution in [0, 0.1) is 0 Å². The normalized spacial score (nSPS) is 15.8. The fraction of sp³-hybridized carbons (Fsp3) is 0.429. The van der Waals surface area contributed by atoms with Crippen LogP contribution in [-0.4, -0.2) is 48.3 Å². The molecule has 1 aliphatic rings. The second-order valence-corrected chi connectivity index (χ2v) is 5.26. The van der Waals surface area contributed by atoms with Gasteiger partial charge in [-0.3, -0.25) is 0 Å². The third-order valence-corrected chi connectivity index (χ3v) is 3.83. The number of carbonyl (C=O) groups is 2. The molecule has 0 unspecified atom stereocenters. The Bertz CT molecular complexity index is 542. The number of benzene rings is 1. The van der Waals surface area contributed by atoms with Gasteiger partial charge in [0, 0.05) is 20.2 Å². The van der Waals surface area contributed by atoms with E-state index in [1.807, 2.05) is 0 Å². The highest BCUT2D eigenvalue weighted by molar-refractivity contribution is 6.34. The number of likely N-dealkylation sites (tertiary alicyclic amines) is 1. The summed E-state index contributed by atoms with van der Waals surface area (Å²) in [5, 5.41) is 11.8. The number of nitrogens with one attached hydrogen (secondary N) is 1. The second kappa shape index (κ2) is 6.78. The van der Waals surface area contributed by atoms with Crippen molar-refractivity contribution < 1.29 is 19.4 Å². The van der Waals surface area contributed by atoms with Crippen molar-refractivity contribution in [2.75, 3.05) is 25.5 Å². The van der Waals surface area contributed by atoms with Gasteiger partial charge < -0.3 is 20.1 Å². The minimum atomic E-state index is -1.06. The first-order valence-electron chi connectivity index (χ1n) is 6.63. The van der Waals surface area contributed by atoms with Crippen LogP contribution in [0.3, 0.4) is 0 Å². The molecule has 1 heterocycles. The van der Waals surface area contributed by atoms with E-state index < -0.39 is 5.97 Å². The van der Waals surface area contributed by atoms with Gasteiger partial charge in [0.05, 0.1) is 22.4 Å². The summed E-state index contributed by atoms with van der Waals surface area (Å²) in [4.78, 5) is 24.7. The zero-order valence-electron chi connectivity index (χ0n) is 11.6. The molecule has 0 aromatic heterocycles. The van der Waals surface area contributed by atoms with E-state index in [0.717, 1.165) is 12.8 Å². The van der Waals surface area contributed by atoms with Crippen LogP contribution in [0.4, 0.5) is 10.5 Å². The lowest BCUT2D eigenvalue weighted by molar-refractivity contribution is 0.0521. The molecule has 0 aliphatic carbocycles. The number of hydrogen-bond donors (Lipinski definition) is 2. The van der Waals surface area contributed by atoms with Crippen molar-refractivity contribution in [1.82, 2.24) is 4.90 Å². The average molecular weight is 313 g/mol. The van der Waals surface area contributed by atoms with Crippen molar-refractivity contribution in [3.63, 3.8) is 0 Å². The fourth-order valence-corrected chi connectivity index (χ4v) is 2.47. The summed E-state index contributed by atoms with van der Waals surface area (Å²) in [5.74, 6) is -1.06. The number of anilines is 1. The zero-order chi connectivity index (χ0) is 15.4. The molecule has 0 bridgehead atoms. The molecular formula is C14H17ClN2O4. The summed E-state index contributed by atoms with van der Waals surface area (Å²) in [6, 6.07) is 3.97. The Hall–Kier alpha value is -1.79. The quantitative estimate of drug-likeness (QED) is 0.899. The Morgan fingerprint density at radius 3 is 2.57 bits per heavy atom. The first kappa shape index (κ1) is 15.6. The molecule has 1 aromatic carbocycles. The molecular weight excluding hydrogens is 296 g/mol. The molecule has 6 nitrogen and oxygen atoms in total. The van der Waals surface area contributed by atoms with Gasteiger partial charge in [-0.05, 0) is 31.0 Å². The number of halogens is 1. The Morgan fingerprint density at radius 2 is 2.05 bits per heavy atom. The predicted octanol–water partition coefficient (Wildman–Crippen LogP) is 2.68. The molecule has 1 fully saturated rings. The van der Waals surface area contributed by atoms with Crippen molar-refractivity contribution >= 4 is 29.3 Å². The first-order chi connectivity index (χ1) is 10.0. The number of carbonyl (C=O) groups excluding carboxylic acids is 1. The number of rotatable bonds is 3. The highest BCUT2D eigenvalue weighted by atomic mass is 35.5. The number of ether oxygens (including phenoxy) is 1.